The summed E-state index contributed by atoms with van der Waals surface area (Å²) in [5.41, 5.74) is 11.1. The first-order valence-electron chi connectivity index (χ1n) is 19.5. The molecule has 5 aromatic heterocycles. The lowest BCUT2D eigenvalue weighted by atomic mass is 10.0. The lowest BCUT2D eigenvalue weighted by Gasteiger charge is -2.13. The van der Waals surface area contributed by atoms with Gasteiger partial charge in [-0.2, -0.15) is 9.97 Å². The van der Waals surface area contributed by atoms with Crippen LogP contribution in [0.4, 0.5) is 0 Å². The highest BCUT2D eigenvalue weighted by Crippen LogP contribution is 2.42. The summed E-state index contributed by atoms with van der Waals surface area (Å²) in [5, 5.41) is 4.44. The van der Waals surface area contributed by atoms with E-state index in [1.54, 1.807) is 0 Å². The van der Waals surface area contributed by atoms with Crippen molar-refractivity contribution in [2.45, 2.75) is 0 Å². The molecule has 0 bridgehead atoms. The molecule has 0 aliphatic heterocycles. The Morgan fingerprint density at radius 2 is 1.02 bits per heavy atom. The first kappa shape index (κ1) is 33.0. The molecule has 0 fully saturated rings. The Labute approximate surface area is 337 Å². The van der Waals surface area contributed by atoms with Crippen LogP contribution in [0.1, 0.15) is 0 Å². The van der Waals surface area contributed by atoms with Crippen molar-refractivity contribution >= 4 is 54.7 Å². The average Bonchev–Trinajstić information content (AvgIpc) is 4.00. The standard InChI is InChI=1S/C51H31N7O/c1-3-13-32(14-4-1)33-24-26-34(27-25-33)48-54-49(41-20-11-21-42-47(41)59-50(53-42)35-15-5-2-6-16-35)56-51(55-48)58-44-23-10-8-19-38(44)40-29-28-39-37-18-7-9-22-43(37)57(45(39)46(40)58)36-17-12-30-52-31-36/h1-31H. The largest absolute Gasteiger partial charge is 0.435 e. The maximum absolute atomic E-state index is 6.55. The Hall–Kier alpha value is -8.23. The zero-order valence-electron chi connectivity index (χ0n) is 31.4. The first-order chi connectivity index (χ1) is 29.3. The molecular weight excluding hydrogens is 727 g/mol. The van der Waals surface area contributed by atoms with E-state index in [0.717, 1.165) is 82.6 Å². The van der Waals surface area contributed by atoms with Gasteiger partial charge in [-0.15, -0.1) is 0 Å². The van der Waals surface area contributed by atoms with Crippen LogP contribution < -0.4 is 0 Å². The molecule has 0 saturated heterocycles. The normalized spacial score (nSPS) is 11.7. The molecule has 0 radical (unpaired) electrons. The van der Waals surface area contributed by atoms with Gasteiger partial charge in [0, 0.05) is 38.9 Å². The van der Waals surface area contributed by atoms with Gasteiger partial charge in [0.05, 0.1) is 39.5 Å². The molecule has 0 aliphatic rings. The van der Waals surface area contributed by atoms with Crippen molar-refractivity contribution in [2.24, 2.45) is 0 Å². The topological polar surface area (TPSA) is 87.5 Å². The van der Waals surface area contributed by atoms with Gasteiger partial charge in [0.25, 0.3) is 0 Å². The fourth-order valence-electron chi connectivity index (χ4n) is 8.45. The Morgan fingerprint density at radius 1 is 0.407 bits per heavy atom. The first-order valence-corrected chi connectivity index (χ1v) is 19.5. The number of nitrogens with zero attached hydrogens (tertiary/aromatic N) is 7. The fraction of sp³-hybridized carbons (Fsp3) is 0. The summed E-state index contributed by atoms with van der Waals surface area (Å²) < 4.78 is 11.1. The molecule has 5 heterocycles. The van der Waals surface area contributed by atoms with Crippen LogP contribution in [0.2, 0.25) is 0 Å². The van der Waals surface area contributed by atoms with Gasteiger partial charge in [0.1, 0.15) is 5.52 Å². The van der Waals surface area contributed by atoms with Gasteiger partial charge in [0.15, 0.2) is 17.2 Å². The summed E-state index contributed by atoms with van der Waals surface area (Å²) >= 11 is 0. The number of pyridine rings is 1. The molecule has 8 heteroatoms. The van der Waals surface area contributed by atoms with Gasteiger partial charge in [-0.25, -0.2) is 9.97 Å². The molecule has 12 rings (SSSR count). The van der Waals surface area contributed by atoms with Crippen molar-refractivity contribution in [1.29, 1.82) is 0 Å². The van der Waals surface area contributed by atoms with Crippen LogP contribution in [0.5, 0.6) is 0 Å². The predicted molar refractivity (Wildman–Crippen MR) is 236 cm³/mol. The van der Waals surface area contributed by atoms with Crippen LogP contribution in [-0.2, 0) is 0 Å². The molecule has 0 saturated carbocycles. The van der Waals surface area contributed by atoms with Crippen LogP contribution in [0.15, 0.2) is 193 Å². The summed E-state index contributed by atoms with van der Waals surface area (Å²) in [5.74, 6) is 2.03. The summed E-state index contributed by atoms with van der Waals surface area (Å²) in [6, 6.07) is 60.2. The summed E-state index contributed by atoms with van der Waals surface area (Å²) in [7, 11) is 0. The molecule has 8 nitrogen and oxygen atoms in total. The number of oxazole rings is 1. The Kier molecular flexibility index (Phi) is 7.36. The fourth-order valence-corrected chi connectivity index (χ4v) is 8.45. The van der Waals surface area contributed by atoms with E-state index in [4.69, 9.17) is 24.4 Å². The molecule has 0 N–H and O–H groups in total. The molecule has 0 unspecified atom stereocenters. The third-order valence-corrected chi connectivity index (χ3v) is 11.1. The summed E-state index contributed by atoms with van der Waals surface area (Å²) in [6.07, 6.45) is 3.72. The van der Waals surface area contributed by atoms with Crippen LogP contribution in [0.25, 0.3) is 112 Å². The highest BCUT2D eigenvalue weighted by atomic mass is 16.3. The second-order valence-corrected chi connectivity index (χ2v) is 14.5. The van der Waals surface area contributed by atoms with E-state index in [1.807, 2.05) is 73.1 Å². The number of fused-ring (bicyclic) bond motifs is 8. The van der Waals surface area contributed by atoms with Crippen LogP contribution in [0.3, 0.4) is 0 Å². The Bertz CT molecular complexity index is 3540. The summed E-state index contributed by atoms with van der Waals surface area (Å²) in [6.45, 7) is 0. The van der Waals surface area contributed by atoms with E-state index < -0.39 is 0 Å². The highest BCUT2D eigenvalue weighted by molar-refractivity contribution is 6.23. The predicted octanol–water partition coefficient (Wildman–Crippen LogP) is 12.3. The molecule has 59 heavy (non-hydrogen) atoms. The summed E-state index contributed by atoms with van der Waals surface area (Å²) in [4.78, 5) is 25.3. The number of aromatic nitrogens is 7. The van der Waals surface area contributed by atoms with Gasteiger partial charge in [-0.3, -0.25) is 9.55 Å². The van der Waals surface area contributed by atoms with Gasteiger partial charge in [-0.1, -0.05) is 127 Å². The monoisotopic (exact) mass is 757 g/mol. The maximum atomic E-state index is 6.55. The minimum Gasteiger partial charge on any atom is -0.435 e. The lowest BCUT2D eigenvalue weighted by Crippen LogP contribution is -2.07. The van der Waals surface area contributed by atoms with Crippen LogP contribution >= 0.6 is 0 Å². The Balaban J connectivity index is 1.17. The molecule has 0 spiro atoms. The van der Waals surface area contributed by atoms with E-state index in [2.05, 4.69) is 129 Å². The minimum atomic E-state index is 0.476. The van der Waals surface area contributed by atoms with Gasteiger partial charge >= 0.3 is 0 Å². The number of benzene rings is 7. The van der Waals surface area contributed by atoms with Gasteiger partial charge in [0.2, 0.25) is 11.8 Å². The highest BCUT2D eigenvalue weighted by Gasteiger charge is 2.24. The van der Waals surface area contributed by atoms with Crippen molar-refractivity contribution < 1.29 is 4.42 Å². The minimum absolute atomic E-state index is 0.476. The van der Waals surface area contributed by atoms with Crippen molar-refractivity contribution in [3.63, 3.8) is 0 Å². The molecular formula is C51H31N7O. The second-order valence-electron chi connectivity index (χ2n) is 14.5. The quantitative estimate of drug-likeness (QED) is 0.168. The van der Waals surface area contributed by atoms with Crippen molar-refractivity contribution in [3.8, 4) is 57.0 Å². The van der Waals surface area contributed by atoms with Crippen molar-refractivity contribution in [1.82, 2.24) is 34.1 Å². The average molecular weight is 758 g/mol. The van der Waals surface area contributed by atoms with E-state index >= 15 is 0 Å². The molecule has 0 aliphatic carbocycles. The molecule has 0 amide bonds. The number of rotatable bonds is 6. The number of para-hydroxylation sites is 3. The lowest BCUT2D eigenvalue weighted by molar-refractivity contribution is 0.620. The Morgan fingerprint density at radius 3 is 1.73 bits per heavy atom. The third kappa shape index (κ3) is 5.27. The molecule has 7 aromatic carbocycles. The van der Waals surface area contributed by atoms with E-state index in [1.165, 1.54) is 0 Å². The number of hydrogen-bond acceptors (Lipinski definition) is 6. The third-order valence-electron chi connectivity index (χ3n) is 11.1. The van der Waals surface area contributed by atoms with Gasteiger partial charge in [-0.05, 0) is 59.7 Å². The molecule has 12 aromatic rings. The van der Waals surface area contributed by atoms with E-state index in [9.17, 15) is 0 Å². The second kappa shape index (κ2) is 13.2. The smallest absolute Gasteiger partial charge is 0.238 e. The maximum Gasteiger partial charge on any atom is 0.238 e. The van der Waals surface area contributed by atoms with Crippen LogP contribution in [-0.4, -0.2) is 34.1 Å². The SMILES string of the molecule is c1ccc(-c2ccc(-c3nc(-c4cccc5nc(-c6ccccc6)oc45)nc(-n4c5ccccc5c5ccc6c7ccccc7n(-c7cccnc7)c6c54)n3)cc2)cc1. The van der Waals surface area contributed by atoms with Crippen molar-refractivity contribution in [3.05, 3.63) is 188 Å². The molecule has 0 atom stereocenters. The van der Waals surface area contributed by atoms with Crippen LogP contribution in [0, 0.1) is 0 Å². The zero-order valence-corrected chi connectivity index (χ0v) is 31.4. The van der Waals surface area contributed by atoms with Gasteiger partial charge < -0.3 is 8.98 Å². The van der Waals surface area contributed by atoms with E-state index in [-0.39, 0.29) is 0 Å². The van der Waals surface area contributed by atoms with E-state index in [0.29, 0.717) is 29.1 Å². The van der Waals surface area contributed by atoms with Crippen molar-refractivity contribution in [2.75, 3.05) is 0 Å². The number of hydrogen-bond donors (Lipinski definition) is 0. The molecule has 276 valence electrons. The zero-order chi connectivity index (χ0) is 38.9.